The van der Waals surface area contributed by atoms with Gasteiger partial charge in [-0.1, -0.05) is 52.2 Å². The maximum absolute atomic E-state index is 12.2. The number of aromatic amines is 1. The van der Waals surface area contributed by atoms with Crippen LogP contribution in [0, 0.1) is 5.41 Å². The Kier molecular flexibility index (Phi) is 7.34. The summed E-state index contributed by atoms with van der Waals surface area (Å²) in [6.07, 6.45) is 2.58. The number of carboxylic acids is 1. The van der Waals surface area contributed by atoms with E-state index in [9.17, 15) is 18.0 Å². The number of fused-ring (bicyclic) bond motifs is 1. The highest BCUT2D eigenvalue weighted by molar-refractivity contribution is 5.92. The van der Waals surface area contributed by atoms with Gasteiger partial charge < -0.3 is 14.8 Å². The molecule has 1 heterocycles. The Morgan fingerprint density at radius 2 is 1.73 bits per heavy atom. The van der Waals surface area contributed by atoms with Crippen LogP contribution in [0.3, 0.4) is 0 Å². The third kappa shape index (κ3) is 6.97. The Balaban J connectivity index is 0.000000323. The molecule has 0 bridgehead atoms. The Bertz CT molecular complexity index is 1080. The summed E-state index contributed by atoms with van der Waals surface area (Å²) in [7, 11) is 0. The fourth-order valence-electron chi connectivity index (χ4n) is 3.99. The van der Waals surface area contributed by atoms with Crippen LogP contribution in [0.5, 0.6) is 5.75 Å². The minimum absolute atomic E-state index is 0.143. The van der Waals surface area contributed by atoms with Crippen molar-refractivity contribution in [2.24, 2.45) is 5.41 Å². The van der Waals surface area contributed by atoms with Gasteiger partial charge in [0.15, 0.2) is 0 Å². The highest BCUT2D eigenvalue weighted by Crippen LogP contribution is 2.34. The molecule has 1 fully saturated rings. The summed E-state index contributed by atoms with van der Waals surface area (Å²) in [5, 5.41) is 9.02. The van der Waals surface area contributed by atoms with E-state index in [2.05, 4.69) is 28.6 Å². The minimum Gasteiger partial charge on any atom is -0.478 e. The molecule has 1 saturated carbocycles. The van der Waals surface area contributed by atoms with Gasteiger partial charge >= 0.3 is 12.3 Å². The van der Waals surface area contributed by atoms with Crippen molar-refractivity contribution in [3.63, 3.8) is 0 Å². The van der Waals surface area contributed by atoms with Crippen molar-refractivity contribution >= 4 is 17.0 Å². The van der Waals surface area contributed by atoms with Gasteiger partial charge in [-0.2, -0.15) is 0 Å². The van der Waals surface area contributed by atoms with Crippen molar-refractivity contribution in [1.82, 2.24) is 9.97 Å². The lowest BCUT2D eigenvalue weighted by molar-refractivity contribution is -0.274. The van der Waals surface area contributed by atoms with E-state index in [1.165, 1.54) is 68.5 Å². The van der Waals surface area contributed by atoms with Gasteiger partial charge in [0, 0.05) is 5.92 Å². The van der Waals surface area contributed by atoms with Crippen molar-refractivity contribution in [3.8, 4) is 5.75 Å². The number of hydrogen-bond donors (Lipinski definition) is 2. The molecule has 178 valence electrons. The third-order valence-electron chi connectivity index (χ3n) is 5.98. The number of aromatic nitrogens is 2. The molecular formula is C25H29F3N2O3. The van der Waals surface area contributed by atoms with Gasteiger partial charge in [-0.05, 0) is 54.2 Å². The number of carbonyl (C=O) groups is 1. The van der Waals surface area contributed by atoms with Gasteiger partial charge in [0.25, 0.3) is 0 Å². The van der Waals surface area contributed by atoms with Gasteiger partial charge in [-0.15, -0.1) is 13.2 Å². The van der Waals surface area contributed by atoms with Crippen LogP contribution in [0.4, 0.5) is 13.2 Å². The number of aromatic carboxylic acids is 1. The quantitative estimate of drug-likeness (QED) is 0.427. The number of H-pyrrole nitrogens is 1. The number of imidazole rings is 1. The van der Waals surface area contributed by atoms with Crippen molar-refractivity contribution in [2.45, 2.75) is 65.2 Å². The van der Waals surface area contributed by atoms with Crippen molar-refractivity contribution < 1.29 is 27.8 Å². The normalized spacial score (nSPS) is 16.5. The number of halogens is 3. The average Bonchev–Trinajstić information content (AvgIpc) is 3.16. The molecule has 0 spiro atoms. The Labute approximate surface area is 191 Å². The van der Waals surface area contributed by atoms with Gasteiger partial charge in [0.1, 0.15) is 11.6 Å². The molecule has 1 aliphatic carbocycles. The molecule has 1 aliphatic rings. The second-order valence-electron chi connectivity index (χ2n) is 9.22. The summed E-state index contributed by atoms with van der Waals surface area (Å²) >= 11 is 0. The second kappa shape index (κ2) is 9.85. The van der Waals surface area contributed by atoms with E-state index >= 15 is 0 Å². The monoisotopic (exact) mass is 462 g/mol. The average molecular weight is 463 g/mol. The zero-order valence-corrected chi connectivity index (χ0v) is 19.0. The number of ether oxygens (including phenoxy) is 1. The van der Waals surface area contributed by atoms with E-state index in [0.29, 0.717) is 22.3 Å². The molecule has 4 rings (SSSR count). The van der Waals surface area contributed by atoms with E-state index in [1.54, 1.807) is 6.07 Å². The Morgan fingerprint density at radius 1 is 1.09 bits per heavy atom. The van der Waals surface area contributed by atoms with Crippen LogP contribution in [0.25, 0.3) is 11.0 Å². The van der Waals surface area contributed by atoms with E-state index < -0.39 is 12.3 Å². The molecule has 5 nitrogen and oxygen atoms in total. The first-order chi connectivity index (χ1) is 15.4. The highest BCUT2D eigenvalue weighted by Gasteiger charge is 2.31. The predicted octanol–water partition coefficient (Wildman–Crippen LogP) is 7.29. The predicted molar refractivity (Wildman–Crippen MR) is 121 cm³/mol. The molecule has 8 heteroatoms. The molecule has 0 saturated heterocycles. The lowest BCUT2D eigenvalue weighted by atomic mass is 9.78. The number of alkyl halides is 3. The van der Waals surface area contributed by atoms with E-state index in [4.69, 9.17) is 5.11 Å². The van der Waals surface area contributed by atoms with Gasteiger partial charge in [0.05, 0.1) is 16.6 Å². The smallest absolute Gasteiger partial charge is 0.478 e. The maximum atomic E-state index is 12.2. The van der Waals surface area contributed by atoms with Gasteiger partial charge in [-0.3, -0.25) is 0 Å². The van der Waals surface area contributed by atoms with Crippen molar-refractivity contribution in [3.05, 3.63) is 59.4 Å². The van der Waals surface area contributed by atoms with Crippen molar-refractivity contribution in [2.75, 3.05) is 0 Å². The molecule has 3 aromatic rings. The number of nitrogens with zero attached hydrogens (tertiary/aromatic N) is 1. The largest absolute Gasteiger partial charge is 0.573 e. The van der Waals surface area contributed by atoms with Crippen LogP contribution < -0.4 is 4.74 Å². The summed E-state index contributed by atoms with van der Waals surface area (Å²) in [5.41, 5.74) is 2.76. The van der Waals surface area contributed by atoms with Crippen LogP contribution in [0.2, 0.25) is 0 Å². The number of nitrogens with one attached hydrogen (secondary N) is 1. The zero-order chi connectivity index (χ0) is 24.2. The summed E-state index contributed by atoms with van der Waals surface area (Å²) < 4.78 is 40.4. The van der Waals surface area contributed by atoms with Crippen LogP contribution in [0.15, 0.2) is 42.5 Å². The molecule has 0 amide bonds. The van der Waals surface area contributed by atoms with Gasteiger partial charge in [-0.25, -0.2) is 9.78 Å². The number of carboxylic acid groups (broad SMARTS) is 1. The topological polar surface area (TPSA) is 75.2 Å². The lowest BCUT2D eigenvalue weighted by Gasteiger charge is -2.28. The first-order valence-corrected chi connectivity index (χ1v) is 11.0. The molecule has 1 unspecified atom stereocenters. The molecule has 0 radical (unpaired) electrons. The van der Waals surface area contributed by atoms with E-state index in [-0.39, 0.29) is 17.2 Å². The summed E-state index contributed by atoms with van der Waals surface area (Å²) in [5.74, 6) is -0.965. The molecule has 2 N–H and O–H groups in total. The van der Waals surface area contributed by atoms with Gasteiger partial charge in [0.2, 0.25) is 0 Å². The van der Waals surface area contributed by atoms with Crippen LogP contribution in [-0.4, -0.2) is 27.4 Å². The van der Waals surface area contributed by atoms with E-state index in [1.807, 2.05) is 6.92 Å². The number of rotatable bonds is 4. The lowest BCUT2D eigenvalue weighted by Crippen LogP contribution is -2.17. The molecule has 1 atom stereocenters. The summed E-state index contributed by atoms with van der Waals surface area (Å²) in [6.45, 7) is 6.60. The first kappa shape index (κ1) is 24.6. The van der Waals surface area contributed by atoms with Crippen molar-refractivity contribution in [1.29, 1.82) is 0 Å². The fraction of sp³-hybridized carbons (Fsp3) is 0.440. The van der Waals surface area contributed by atoms with E-state index in [0.717, 1.165) is 5.56 Å². The molecular weight excluding hydrogens is 433 g/mol. The summed E-state index contributed by atoms with van der Waals surface area (Å²) in [4.78, 5) is 18.5. The zero-order valence-electron chi connectivity index (χ0n) is 19.0. The third-order valence-corrected chi connectivity index (χ3v) is 5.98. The molecule has 33 heavy (non-hydrogen) atoms. The highest BCUT2D eigenvalue weighted by atomic mass is 19.4. The number of hydrogen-bond acceptors (Lipinski definition) is 3. The Hall–Kier alpha value is -3.03. The van der Waals surface area contributed by atoms with Crippen LogP contribution in [0.1, 0.15) is 80.5 Å². The minimum atomic E-state index is -4.73. The first-order valence-electron chi connectivity index (χ1n) is 11.0. The van der Waals surface area contributed by atoms with Crippen LogP contribution in [-0.2, 0) is 0 Å². The molecule has 2 aromatic carbocycles. The fourth-order valence-corrected chi connectivity index (χ4v) is 3.99. The summed E-state index contributed by atoms with van der Waals surface area (Å²) in [6, 6.07) is 10.1. The number of benzene rings is 2. The molecule has 1 aromatic heterocycles. The standard InChI is InChI=1S/C17H13F3N2O3.C8H16/c1-9(10-2-5-12(6-3-10)25-17(18,19)20)15-21-13-7-4-11(16(23)24)8-14(13)22-15;1-8(2)6-4-3-5-7-8/h2-9H,1H3,(H,21,22)(H,23,24);3-7H2,1-2H3. The van der Waals surface area contributed by atoms with Crippen LogP contribution >= 0.6 is 0 Å². The SMILES string of the molecule is CC(c1ccc(OC(F)(F)F)cc1)c1nc2ccc(C(=O)O)cc2[nH]1.CC1(C)CCCCC1. The molecule has 0 aliphatic heterocycles. The second-order valence-corrected chi connectivity index (χ2v) is 9.22. The Morgan fingerprint density at radius 3 is 2.24 bits per heavy atom. The maximum Gasteiger partial charge on any atom is 0.573 e.